The summed E-state index contributed by atoms with van der Waals surface area (Å²) in [4.78, 5) is 31.2. The summed E-state index contributed by atoms with van der Waals surface area (Å²) in [5.41, 5.74) is 0.336. The van der Waals surface area contributed by atoms with Gasteiger partial charge in [0, 0.05) is 35.3 Å². The number of piperazine rings is 1. The van der Waals surface area contributed by atoms with E-state index in [0.29, 0.717) is 34.9 Å². The Labute approximate surface area is 260 Å². The number of benzene rings is 2. The van der Waals surface area contributed by atoms with Crippen LogP contribution in [0, 0.1) is 5.82 Å². The molecule has 3 saturated heterocycles. The molecule has 0 saturated carbocycles. The third-order valence-corrected chi connectivity index (χ3v) is 9.01. The van der Waals surface area contributed by atoms with Gasteiger partial charge in [0.1, 0.15) is 28.7 Å². The van der Waals surface area contributed by atoms with Gasteiger partial charge in [0.05, 0.1) is 17.5 Å². The topological polar surface area (TPSA) is 92.7 Å². The molecule has 0 unspecified atom stereocenters. The highest BCUT2D eigenvalue weighted by Crippen LogP contribution is 2.39. The lowest BCUT2D eigenvalue weighted by atomic mass is 10.0. The Morgan fingerprint density at radius 2 is 1.73 bits per heavy atom. The van der Waals surface area contributed by atoms with Gasteiger partial charge < -0.3 is 19.7 Å². The quantitative estimate of drug-likeness (QED) is 0.283. The van der Waals surface area contributed by atoms with Gasteiger partial charge in [0.25, 0.3) is 0 Å². The highest BCUT2D eigenvalue weighted by atomic mass is 35.5. The first-order valence-electron chi connectivity index (χ1n) is 15.3. The molecule has 2 aromatic heterocycles. The molecule has 7 rings (SSSR count). The van der Waals surface area contributed by atoms with E-state index < -0.39 is 11.4 Å². The number of hydrogen-bond donors (Lipinski definition) is 1. The second-order valence-electron chi connectivity index (χ2n) is 12.9. The van der Waals surface area contributed by atoms with E-state index in [1.165, 1.54) is 0 Å². The van der Waals surface area contributed by atoms with Crippen LogP contribution >= 0.6 is 11.6 Å². The summed E-state index contributed by atoms with van der Waals surface area (Å²) >= 11 is 6.60. The number of hydrogen-bond acceptors (Lipinski definition) is 8. The molecular weight excluding hydrogens is 583 g/mol. The molecular formula is C33H36ClFN6O3. The predicted molar refractivity (Wildman–Crippen MR) is 169 cm³/mol. The first kappa shape index (κ1) is 29.0. The summed E-state index contributed by atoms with van der Waals surface area (Å²) < 4.78 is 28.7. The van der Waals surface area contributed by atoms with Crippen molar-refractivity contribution in [2.24, 2.45) is 0 Å². The smallest absolute Gasteiger partial charge is 0.410 e. The van der Waals surface area contributed by atoms with Crippen LogP contribution in [0.3, 0.4) is 0 Å². The predicted octanol–water partition coefficient (Wildman–Crippen LogP) is 6.36. The molecule has 0 radical (unpaired) electrons. The largest absolute Gasteiger partial charge is 0.460 e. The van der Waals surface area contributed by atoms with Gasteiger partial charge in [-0.05, 0) is 71.0 Å². The van der Waals surface area contributed by atoms with Gasteiger partial charge in [-0.15, -0.1) is 0 Å². The summed E-state index contributed by atoms with van der Waals surface area (Å²) in [7, 11) is 0. The molecule has 9 nitrogen and oxygen atoms in total. The van der Waals surface area contributed by atoms with Gasteiger partial charge in [-0.2, -0.15) is 9.97 Å². The monoisotopic (exact) mass is 618 g/mol. The van der Waals surface area contributed by atoms with E-state index in [1.54, 1.807) is 12.3 Å². The number of amides is 1. The Bertz CT molecular complexity index is 1720. The van der Waals surface area contributed by atoms with Crippen molar-refractivity contribution in [3.8, 4) is 17.3 Å². The lowest BCUT2D eigenvalue weighted by molar-refractivity contribution is 0.0122. The minimum absolute atomic E-state index is 0.0442. The van der Waals surface area contributed by atoms with Crippen LogP contribution in [0.1, 0.15) is 46.5 Å². The van der Waals surface area contributed by atoms with E-state index >= 15 is 4.39 Å². The maximum absolute atomic E-state index is 16.7. The molecule has 2 atom stereocenters. The fourth-order valence-electron chi connectivity index (χ4n) is 6.75. The van der Waals surface area contributed by atoms with Crippen LogP contribution in [0.15, 0.2) is 42.6 Å². The van der Waals surface area contributed by atoms with Crippen molar-refractivity contribution < 1.29 is 18.7 Å². The lowest BCUT2D eigenvalue weighted by Crippen LogP contribution is -2.57. The highest BCUT2D eigenvalue weighted by Gasteiger charge is 2.45. The summed E-state index contributed by atoms with van der Waals surface area (Å²) in [6.45, 7) is 8.39. The second-order valence-corrected chi connectivity index (χ2v) is 13.3. The number of rotatable bonds is 4. The SMILES string of the molecule is CC(C)(C)OC(=O)N1[C@@H]2CC[C@H]1CN(c1nc(OC3CCNCC3)nc3c(F)c(-c4cccc5cccc(Cl)c45)ncc13)C2. The van der Waals surface area contributed by atoms with Crippen LogP contribution in [0.5, 0.6) is 6.01 Å². The van der Waals surface area contributed by atoms with Crippen molar-refractivity contribution in [2.45, 2.75) is 70.2 Å². The number of halogens is 2. The zero-order valence-corrected chi connectivity index (χ0v) is 25.9. The molecule has 3 fully saturated rings. The first-order valence-corrected chi connectivity index (χ1v) is 15.7. The molecule has 1 amide bonds. The first-order chi connectivity index (χ1) is 21.2. The van der Waals surface area contributed by atoms with Gasteiger partial charge in [-0.1, -0.05) is 41.9 Å². The molecule has 5 heterocycles. The standard InChI is InChI=1S/C33H36ClFN6O3/c1-33(2,3)44-32(42)41-20-10-11-21(41)18-40(17-20)30-24-16-37-28(23-8-4-6-19-7-5-9-25(34)26(19)23)27(35)29(24)38-31(39-30)43-22-12-14-36-15-13-22/h4-9,16,20-22,36H,10-15,17-18H2,1-3H3/t20-,21+. The third-order valence-electron chi connectivity index (χ3n) is 8.70. The van der Waals surface area contributed by atoms with Crippen LogP contribution in [-0.2, 0) is 4.74 Å². The molecule has 0 aliphatic carbocycles. The molecule has 230 valence electrons. The number of carbonyl (C=O) groups excluding carboxylic acids is 1. The normalized spacial score (nSPS) is 20.8. The molecule has 2 aromatic carbocycles. The number of ether oxygens (including phenoxy) is 2. The molecule has 4 aromatic rings. The van der Waals surface area contributed by atoms with E-state index in [0.717, 1.165) is 49.5 Å². The molecule has 3 aliphatic rings. The second kappa shape index (κ2) is 11.3. The summed E-state index contributed by atoms with van der Waals surface area (Å²) in [6, 6.07) is 11.3. The molecule has 2 bridgehead atoms. The van der Waals surface area contributed by atoms with Crippen molar-refractivity contribution in [1.29, 1.82) is 0 Å². The Balaban J connectivity index is 1.31. The maximum atomic E-state index is 16.7. The number of piperidine rings is 1. The summed E-state index contributed by atoms with van der Waals surface area (Å²) in [5.74, 6) is 0.0117. The number of carbonyl (C=O) groups is 1. The Hall–Kier alpha value is -3.76. The average molecular weight is 619 g/mol. The van der Waals surface area contributed by atoms with Gasteiger partial charge in [0.2, 0.25) is 0 Å². The summed E-state index contributed by atoms with van der Waals surface area (Å²) in [5, 5.41) is 6.00. The Morgan fingerprint density at radius 3 is 2.43 bits per heavy atom. The molecule has 1 N–H and O–H groups in total. The van der Waals surface area contributed by atoms with E-state index in [4.69, 9.17) is 26.1 Å². The van der Waals surface area contributed by atoms with E-state index in [1.807, 2.05) is 56.0 Å². The summed E-state index contributed by atoms with van der Waals surface area (Å²) in [6.07, 6.45) is 4.64. The number of pyridine rings is 1. The highest BCUT2D eigenvalue weighted by molar-refractivity contribution is 6.36. The number of anilines is 1. The average Bonchev–Trinajstić information content (AvgIpc) is 3.26. The number of nitrogens with one attached hydrogen (secondary N) is 1. The zero-order chi connectivity index (χ0) is 30.6. The molecule has 44 heavy (non-hydrogen) atoms. The van der Waals surface area contributed by atoms with E-state index in [-0.39, 0.29) is 41.5 Å². The van der Waals surface area contributed by atoms with Crippen LogP contribution in [-0.4, -0.2) is 75.9 Å². The maximum Gasteiger partial charge on any atom is 0.410 e. The van der Waals surface area contributed by atoms with Gasteiger partial charge in [0.15, 0.2) is 5.82 Å². The fraction of sp³-hybridized carbons (Fsp3) is 0.455. The molecule has 3 aliphatic heterocycles. The Morgan fingerprint density at radius 1 is 1.02 bits per heavy atom. The van der Waals surface area contributed by atoms with Gasteiger partial charge >= 0.3 is 12.1 Å². The van der Waals surface area contributed by atoms with Crippen molar-refractivity contribution >= 4 is 45.2 Å². The van der Waals surface area contributed by atoms with E-state index in [9.17, 15) is 4.79 Å². The van der Waals surface area contributed by atoms with Crippen LogP contribution < -0.4 is 15.0 Å². The third kappa shape index (κ3) is 5.38. The number of aromatic nitrogens is 3. The zero-order valence-electron chi connectivity index (χ0n) is 25.1. The van der Waals surface area contributed by atoms with Crippen molar-refractivity contribution in [2.75, 3.05) is 31.1 Å². The van der Waals surface area contributed by atoms with Gasteiger partial charge in [-0.3, -0.25) is 9.88 Å². The number of fused-ring (bicyclic) bond motifs is 4. The molecule has 11 heteroatoms. The number of nitrogens with zero attached hydrogens (tertiary/aromatic N) is 5. The van der Waals surface area contributed by atoms with Crippen LogP contribution in [0.25, 0.3) is 32.9 Å². The Kier molecular flexibility index (Phi) is 7.45. The van der Waals surface area contributed by atoms with Crippen LogP contribution in [0.4, 0.5) is 15.0 Å². The fourth-order valence-corrected chi connectivity index (χ4v) is 7.03. The minimum Gasteiger partial charge on any atom is -0.460 e. The van der Waals surface area contributed by atoms with Crippen LogP contribution in [0.2, 0.25) is 5.02 Å². The van der Waals surface area contributed by atoms with Gasteiger partial charge in [-0.25, -0.2) is 9.18 Å². The molecule has 0 spiro atoms. The van der Waals surface area contributed by atoms with E-state index in [2.05, 4.69) is 20.2 Å². The van der Waals surface area contributed by atoms with Crippen molar-refractivity contribution in [3.05, 3.63) is 53.4 Å². The lowest BCUT2D eigenvalue weighted by Gasteiger charge is -2.42. The minimum atomic E-state index is -0.577. The van der Waals surface area contributed by atoms with Crippen molar-refractivity contribution in [1.82, 2.24) is 25.2 Å². The van der Waals surface area contributed by atoms with Crippen molar-refractivity contribution in [3.63, 3.8) is 0 Å².